The molecule has 56 valence electrons. The maximum Gasteiger partial charge on any atom is 0.184 e. The second-order valence-electron chi connectivity index (χ2n) is 1.74. The third kappa shape index (κ3) is 2.52. The van der Waals surface area contributed by atoms with Gasteiger partial charge in [-0.25, -0.2) is 9.69 Å². The van der Waals surface area contributed by atoms with Crippen molar-refractivity contribution in [1.29, 1.82) is 0 Å². The molecule has 0 aliphatic rings. The van der Waals surface area contributed by atoms with Gasteiger partial charge in [0.05, 0.1) is 13.1 Å². The van der Waals surface area contributed by atoms with E-state index in [0.717, 1.165) is 0 Å². The van der Waals surface area contributed by atoms with E-state index in [1.54, 1.807) is 24.3 Å². The summed E-state index contributed by atoms with van der Waals surface area (Å²) >= 11 is 0. The SMILES string of the molecule is [C-]#[N+]c1ccc([N+]#[C-])cc1.[Pd]. The minimum atomic E-state index is 0. The van der Waals surface area contributed by atoms with Crippen molar-refractivity contribution in [1.82, 2.24) is 0 Å². The Kier molecular flexibility index (Phi) is 4.16. The summed E-state index contributed by atoms with van der Waals surface area (Å²) in [6, 6.07) is 6.56. The molecule has 0 saturated carbocycles. The van der Waals surface area contributed by atoms with Gasteiger partial charge in [-0.3, -0.25) is 0 Å². The van der Waals surface area contributed by atoms with Gasteiger partial charge in [-0.05, 0) is 0 Å². The summed E-state index contributed by atoms with van der Waals surface area (Å²) in [5.74, 6) is 0. The molecule has 0 spiro atoms. The Bertz CT molecular complexity index is 269. The zero-order valence-electron chi connectivity index (χ0n) is 5.52. The van der Waals surface area contributed by atoms with Crippen molar-refractivity contribution in [3.8, 4) is 0 Å². The minimum Gasteiger partial charge on any atom is -0.238 e. The van der Waals surface area contributed by atoms with Gasteiger partial charge in [0.2, 0.25) is 0 Å². The Hall–Kier alpha value is -1.14. The Morgan fingerprint density at radius 3 is 1.27 bits per heavy atom. The van der Waals surface area contributed by atoms with Crippen molar-refractivity contribution in [2.24, 2.45) is 0 Å². The molecule has 0 atom stereocenters. The van der Waals surface area contributed by atoms with Crippen molar-refractivity contribution in [2.75, 3.05) is 0 Å². The average Bonchev–Trinajstić information content (AvgIpc) is 2.05. The van der Waals surface area contributed by atoms with E-state index in [4.69, 9.17) is 13.1 Å². The van der Waals surface area contributed by atoms with Crippen LogP contribution in [0.1, 0.15) is 0 Å². The van der Waals surface area contributed by atoms with E-state index in [1.807, 2.05) is 0 Å². The summed E-state index contributed by atoms with van der Waals surface area (Å²) in [4.78, 5) is 6.39. The molecule has 0 N–H and O–H groups in total. The van der Waals surface area contributed by atoms with Crippen LogP contribution >= 0.6 is 0 Å². The molecule has 0 fully saturated rings. The van der Waals surface area contributed by atoms with E-state index in [1.165, 1.54) is 0 Å². The van der Waals surface area contributed by atoms with Gasteiger partial charge in [0.25, 0.3) is 0 Å². The van der Waals surface area contributed by atoms with Crippen molar-refractivity contribution < 1.29 is 20.4 Å². The van der Waals surface area contributed by atoms with Gasteiger partial charge in [-0.15, -0.1) is 0 Å². The molecule has 0 amide bonds. The maximum absolute atomic E-state index is 6.62. The molecular formula is C8H4N2Pd. The maximum atomic E-state index is 6.62. The monoisotopic (exact) mass is 234 g/mol. The molecule has 2 nitrogen and oxygen atoms in total. The predicted octanol–water partition coefficient (Wildman–Crippen LogP) is 2.79. The van der Waals surface area contributed by atoms with Crippen LogP contribution in [0, 0.1) is 13.1 Å². The fourth-order valence-corrected chi connectivity index (χ4v) is 0.602. The van der Waals surface area contributed by atoms with E-state index >= 15 is 0 Å². The first kappa shape index (κ1) is 9.86. The molecule has 1 rings (SSSR count). The Morgan fingerprint density at radius 1 is 0.818 bits per heavy atom. The summed E-state index contributed by atoms with van der Waals surface area (Å²) in [6.45, 7) is 13.2. The van der Waals surface area contributed by atoms with Crippen LogP contribution in [0.15, 0.2) is 24.3 Å². The van der Waals surface area contributed by atoms with Crippen molar-refractivity contribution in [2.45, 2.75) is 0 Å². The summed E-state index contributed by atoms with van der Waals surface area (Å²) in [5.41, 5.74) is 1.15. The Labute approximate surface area is 79.1 Å². The predicted molar refractivity (Wildman–Crippen MR) is 39.0 cm³/mol. The van der Waals surface area contributed by atoms with Crippen LogP contribution in [0.25, 0.3) is 9.69 Å². The van der Waals surface area contributed by atoms with Crippen LogP contribution in [-0.4, -0.2) is 0 Å². The largest absolute Gasteiger partial charge is 0.238 e. The van der Waals surface area contributed by atoms with Gasteiger partial charge < -0.3 is 0 Å². The van der Waals surface area contributed by atoms with Crippen molar-refractivity contribution in [3.05, 3.63) is 47.1 Å². The number of nitrogens with zero attached hydrogens (tertiary/aromatic N) is 2. The fourth-order valence-electron chi connectivity index (χ4n) is 0.602. The van der Waals surface area contributed by atoms with Crippen LogP contribution in [0.5, 0.6) is 0 Å². The molecule has 11 heavy (non-hydrogen) atoms. The number of hydrogen-bond donors (Lipinski definition) is 0. The van der Waals surface area contributed by atoms with E-state index in [9.17, 15) is 0 Å². The first-order valence-electron chi connectivity index (χ1n) is 2.72. The van der Waals surface area contributed by atoms with Gasteiger partial charge in [-0.2, -0.15) is 0 Å². The smallest absolute Gasteiger partial charge is 0.184 e. The third-order valence-corrected chi connectivity index (χ3v) is 1.11. The summed E-state index contributed by atoms with van der Waals surface area (Å²) < 4.78 is 0. The molecule has 0 aromatic heterocycles. The van der Waals surface area contributed by atoms with Crippen LogP contribution in [0.4, 0.5) is 11.4 Å². The summed E-state index contributed by atoms with van der Waals surface area (Å²) in [6.07, 6.45) is 0. The molecule has 1 aromatic carbocycles. The van der Waals surface area contributed by atoms with E-state index in [2.05, 4.69) is 9.69 Å². The Morgan fingerprint density at radius 2 is 1.09 bits per heavy atom. The first-order chi connectivity index (χ1) is 4.86. The molecule has 0 saturated heterocycles. The summed E-state index contributed by atoms with van der Waals surface area (Å²) in [5, 5.41) is 0. The zero-order valence-corrected chi connectivity index (χ0v) is 7.07. The molecule has 0 aliphatic carbocycles. The van der Waals surface area contributed by atoms with Gasteiger partial charge in [0.1, 0.15) is 0 Å². The molecule has 0 heterocycles. The molecule has 1 aromatic rings. The van der Waals surface area contributed by atoms with E-state index < -0.39 is 0 Å². The molecule has 0 radical (unpaired) electrons. The third-order valence-electron chi connectivity index (χ3n) is 1.11. The normalized spacial score (nSPS) is 7.09. The standard InChI is InChI=1S/C8H4N2.Pd/c1-9-7-3-5-8(10-2)6-4-7;/h3-6H;. The second kappa shape index (κ2) is 4.64. The topological polar surface area (TPSA) is 8.72 Å². The van der Waals surface area contributed by atoms with Gasteiger partial charge in [0, 0.05) is 20.4 Å². The van der Waals surface area contributed by atoms with Crippen molar-refractivity contribution >= 4 is 11.4 Å². The van der Waals surface area contributed by atoms with Gasteiger partial charge in [-0.1, -0.05) is 24.3 Å². The number of rotatable bonds is 0. The van der Waals surface area contributed by atoms with Crippen LogP contribution < -0.4 is 0 Å². The van der Waals surface area contributed by atoms with E-state index in [0.29, 0.717) is 11.4 Å². The second-order valence-corrected chi connectivity index (χ2v) is 1.74. The van der Waals surface area contributed by atoms with Crippen LogP contribution in [-0.2, 0) is 20.4 Å². The summed E-state index contributed by atoms with van der Waals surface area (Å²) in [7, 11) is 0. The molecule has 0 bridgehead atoms. The number of hydrogen-bond acceptors (Lipinski definition) is 0. The Balaban J connectivity index is 0.000001000. The van der Waals surface area contributed by atoms with Crippen molar-refractivity contribution in [3.63, 3.8) is 0 Å². The van der Waals surface area contributed by atoms with Gasteiger partial charge >= 0.3 is 0 Å². The average molecular weight is 235 g/mol. The molecule has 3 heteroatoms. The minimum absolute atomic E-state index is 0. The van der Waals surface area contributed by atoms with Crippen LogP contribution in [0.2, 0.25) is 0 Å². The molecular weight excluding hydrogens is 231 g/mol. The molecule has 0 aliphatic heterocycles. The first-order valence-corrected chi connectivity index (χ1v) is 2.72. The molecule has 0 unspecified atom stereocenters. The van der Waals surface area contributed by atoms with Crippen LogP contribution in [0.3, 0.4) is 0 Å². The number of benzene rings is 1. The van der Waals surface area contributed by atoms with Gasteiger partial charge in [0.15, 0.2) is 11.4 Å². The van der Waals surface area contributed by atoms with E-state index in [-0.39, 0.29) is 20.4 Å². The quantitative estimate of drug-likeness (QED) is 0.482. The fraction of sp³-hybridized carbons (Fsp3) is 0. The zero-order chi connectivity index (χ0) is 7.40.